The summed E-state index contributed by atoms with van der Waals surface area (Å²) in [4.78, 5) is 2.60. The summed E-state index contributed by atoms with van der Waals surface area (Å²) in [5.74, 6) is 0.785. The molecule has 0 amide bonds. The lowest BCUT2D eigenvalue weighted by atomic mass is 9.97. The lowest BCUT2D eigenvalue weighted by Crippen LogP contribution is -2.47. The van der Waals surface area contributed by atoms with Gasteiger partial charge in [0.05, 0.1) is 0 Å². The van der Waals surface area contributed by atoms with Crippen LogP contribution in [-0.4, -0.2) is 36.6 Å². The highest BCUT2D eigenvalue weighted by molar-refractivity contribution is 4.95. The third kappa shape index (κ3) is 2.12. The van der Waals surface area contributed by atoms with Gasteiger partial charge in [0.2, 0.25) is 0 Å². The number of hydrogen-bond donors (Lipinski definition) is 1. The van der Waals surface area contributed by atoms with E-state index in [0.29, 0.717) is 0 Å². The molecule has 3 atom stereocenters. The van der Waals surface area contributed by atoms with E-state index < -0.39 is 0 Å². The van der Waals surface area contributed by atoms with Crippen LogP contribution in [0.3, 0.4) is 0 Å². The molecule has 0 saturated carbocycles. The van der Waals surface area contributed by atoms with Crippen molar-refractivity contribution in [2.24, 2.45) is 5.92 Å². The van der Waals surface area contributed by atoms with Crippen LogP contribution >= 0.6 is 0 Å². The van der Waals surface area contributed by atoms with Crippen LogP contribution in [0.25, 0.3) is 0 Å². The molecule has 2 heterocycles. The third-order valence-corrected chi connectivity index (χ3v) is 3.91. The molecule has 14 heavy (non-hydrogen) atoms. The molecule has 0 spiro atoms. The number of piperidine rings is 1. The Morgan fingerprint density at radius 3 is 2.29 bits per heavy atom. The second-order valence-corrected chi connectivity index (χ2v) is 5.52. The predicted octanol–water partition coefficient (Wildman–Crippen LogP) is 1.86. The van der Waals surface area contributed by atoms with Crippen LogP contribution in [0.2, 0.25) is 0 Å². The fourth-order valence-electron chi connectivity index (χ4n) is 2.98. The first-order valence-corrected chi connectivity index (χ1v) is 6.12. The summed E-state index contributed by atoms with van der Waals surface area (Å²) in [6, 6.07) is 2.54. The molecule has 2 saturated heterocycles. The first kappa shape index (κ1) is 10.4. The summed E-state index contributed by atoms with van der Waals surface area (Å²) in [6.07, 6.45) is 5.61. The van der Waals surface area contributed by atoms with Crippen molar-refractivity contribution in [1.82, 2.24) is 10.2 Å². The molecule has 2 fully saturated rings. The normalized spacial score (nSPS) is 38.1. The van der Waals surface area contributed by atoms with Gasteiger partial charge in [-0.2, -0.15) is 0 Å². The minimum atomic E-state index is 0.785. The van der Waals surface area contributed by atoms with Gasteiger partial charge in [-0.05, 0) is 45.2 Å². The Balaban J connectivity index is 1.81. The number of hydrogen-bond acceptors (Lipinski definition) is 2. The molecule has 0 aromatic carbocycles. The first-order chi connectivity index (χ1) is 6.66. The van der Waals surface area contributed by atoms with Gasteiger partial charge in [0.25, 0.3) is 0 Å². The minimum Gasteiger partial charge on any atom is -0.314 e. The lowest BCUT2D eigenvalue weighted by Gasteiger charge is -2.37. The monoisotopic (exact) mass is 196 g/mol. The van der Waals surface area contributed by atoms with Crippen LogP contribution in [0.5, 0.6) is 0 Å². The van der Waals surface area contributed by atoms with E-state index in [4.69, 9.17) is 0 Å². The largest absolute Gasteiger partial charge is 0.314 e. The summed E-state index contributed by atoms with van der Waals surface area (Å²) >= 11 is 0. The van der Waals surface area contributed by atoms with Crippen molar-refractivity contribution >= 4 is 0 Å². The average molecular weight is 196 g/mol. The molecule has 2 aliphatic heterocycles. The van der Waals surface area contributed by atoms with E-state index in [-0.39, 0.29) is 0 Å². The van der Waals surface area contributed by atoms with E-state index in [1.54, 1.807) is 0 Å². The van der Waals surface area contributed by atoms with Crippen molar-refractivity contribution in [3.8, 4) is 0 Å². The van der Waals surface area contributed by atoms with Gasteiger partial charge in [0.1, 0.15) is 0 Å². The molecular formula is C12H24N2. The van der Waals surface area contributed by atoms with Crippen molar-refractivity contribution in [1.29, 1.82) is 0 Å². The average Bonchev–Trinajstić information content (AvgIpc) is 2.41. The Morgan fingerprint density at radius 1 is 1.21 bits per heavy atom. The van der Waals surface area contributed by atoms with E-state index in [9.17, 15) is 0 Å². The van der Waals surface area contributed by atoms with Crippen molar-refractivity contribution in [3.63, 3.8) is 0 Å². The quantitative estimate of drug-likeness (QED) is 0.741. The Bertz CT molecular complexity index is 177. The molecule has 2 nitrogen and oxygen atoms in total. The summed E-state index contributed by atoms with van der Waals surface area (Å²) in [5, 5.41) is 3.72. The Kier molecular flexibility index (Phi) is 3.13. The zero-order valence-corrected chi connectivity index (χ0v) is 9.79. The second kappa shape index (κ2) is 4.19. The van der Waals surface area contributed by atoms with Crippen molar-refractivity contribution < 1.29 is 0 Å². The fourth-order valence-corrected chi connectivity index (χ4v) is 2.98. The molecule has 82 valence electrons. The van der Waals surface area contributed by atoms with Gasteiger partial charge < -0.3 is 10.2 Å². The van der Waals surface area contributed by atoms with Gasteiger partial charge in [-0.1, -0.05) is 13.8 Å². The van der Waals surface area contributed by atoms with Crippen molar-refractivity contribution in [2.75, 3.05) is 13.6 Å². The van der Waals surface area contributed by atoms with Gasteiger partial charge in [-0.25, -0.2) is 0 Å². The number of rotatable bonds is 3. The fraction of sp³-hybridized carbons (Fsp3) is 1.00. The molecule has 1 N–H and O–H groups in total. The van der Waals surface area contributed by atoms with E-state index in [1.165, 1.54) is 32.2 Å². The summed E-state index contributed by atoms with van der Waals surface area (Å²) in [6.45, 7) is 5.76. The molecule has 0 aliphatic carbocycles. The van der Waals surface area contributed by atoms with Crippen LogP contribution in [-0.2, 0) is 0 Å². The molecule has 0 radical (unpaired) electrons. The van der Waals surface area contributed by atoms with Crippen LogP contribution < -0.4 is 5.32 Å². The third-order valence-electron chi connectivity index (χ3n) is 3.91. The van der Waals surface area contributed by atoms with Gasteiger partial charge in [0.15, 0.2) is 0 Å². The van der Waals surface area contributed by atoms with Gasteiger partial charge >= 0.3 is 0 Å². The van der Waals surface area contributed by atoms with Crippen molar-refractivity contribution in [3.05, 3.63) is 0 Å². The molecule has 2 aliphatic rings. The molecule has 2 heteroatoms. The van der Waals surface area contributed by atoms with Crippen molar-refractivity contribution in [2.45, 2.75) is 57.7 Å². The predicted molar refractivity (Wildman–Crippen MR) is 60.4 cm³/mol. The summed E-state index contributed by atoms with van der Waals surface area (Å²) in [5.41, 5.74) is 0. The molecule has 2 rings (SSSR count). The maximum absolute atomic E-state index is 3.72. The topological polar surface area (TPSA) is 15.3 Å². The molecule has 0 aromatic heterocycles. The Labute approximate surface area is 88.1 Å². The molecule has 1 unspecified atom stereocenters. The smallest absolute Gasteiger partial charge is 0.0111 e. The Hall–Kier alpha value is -0.0800. The molecule has 2 bridgehead atoms. The van der Waals surface area contributed by atoms with E-state index >= 15 is 0 Å². The minimum absolute atomic E-state index is 0.785. The lowest BCUT2D eigenvalue weighted by molar-refractivity contribution is 0.147. The second-order valence-electron chi connectivity index (χ2n) is 5.52. The van der Waals surface area contributed by atoms with Gasteiger partial charge in [-0.15, -0.1) is 0 Å². The van der Waals surface area contributed by atoms with Crippen LogP contribution in [0.4, 0.5) is 0 Å². The summed E-state index contributed by atoms with van der Waals surface area (Å²) in [7, 11) is 2.31. The van der Waals surface area contributed by atoms with Gasteiger partial charge in [-0.3, -0.25) is 0 Å². The maximum Gasteiger partial charge on any atom is 0.0111 e. The summed E-state index contributed by atoms with van der Waals surface area (Å²) < 4.78 is 0. The highest BCUT2D eigenvalue weighted by atomic mass is 15.2. The standard InChI is InChI=1S/C12H24N2/c1-9(2)8-13-10-6-11-4-5-12(7-10)14(11)3/h9-13H,4-8H2,1-3H3/t10?,11-,12+. The number of fused-ring (bicyclic) bond motifs is 2. The van der Waals surface area contributed by atoms with Crippen LogP contribution in [0, 0.1) is 5.92 Å². The zero-order valence-electron chi connectivity index (χ0n) is 9.79. The number of nitrogens with zero attached hydrogens (tertiary/aromatic N) is 1. The first-order valence-electron chi connectivity index (χ1n) is 6.12. The van der Waals surface area contributed by atoms with Crippen LogP contribution in [0.15, 0.2) is 0 Å². The molecule has 0 aromatic rings. The van der Waals surface area contributed by atoms with E-state index in [1.807, 2.05) is 0 Å². The SMILES string of the molecule is CC(C)CNC1C[C@H]2CC[C@@H](C1)N2C. The van der Waals surface area contributed by atoms with E-state index in [2.05, 4.69) is 31.1 Å². The van der Waals surface area contributed by atoms with Gasteiger partial charge in [0, 0.05) is 18.1 Å². The van der Waals surface area contributed by atoms with E-state index in [0.717, 1.165) is 24.0 Å². The Morgan fingerprint density at radius 2 is 1.79 bits per heavy atom. The molecular weight excluding hydrogens is 172 g/mol. The highest BCUT2D eigenvalue weighted by Gasteiger charge is 2.37. The van der Waals surface area contributed by atoms with Crippen LogP contribution in [0.1, 0.15) is 39.5 Å². The zero-order chi connectivity index (χ0) is 10.1. The maximum atomic E-state index is 3.72. The highest BCUT2D eigenvalue weighted by Crippen LogP contribution is 2.34. The number of nitrogens with one attached hydrogen (secondary N) is 1.